The number of thiophene rings is 1. The monoisotopic (exact) mass is 296 g/mol. The average molecular weight is 296 g/mol. The van der Waals surface area contributed by atoms with Gasteiger partial charge in [0.2, 0.25) is 0 Å². The minimum Gasteiger partial charge on any atom is -0.301 e. The lowest BCUT2D eigenvalue weighted by Gasteiger charge is -2.19. The maximum atomic E-state index is 4.43. The number of hydrogen-bond donors (Lipinski definition) is 1. The molecular formula is C18H20N2S. The number of fused-ring (bicyclic) bond motifs is 1. The highest BCUT2D eigenvalue weighted by atomic mass is 32.1. The van der Waals surface area contributed by atoms with E-state index in [4.69, 9.17) is 0 Å². The Balaban J connectivity index is 1.84. The first-order valence-corrected chi connectivity index (χ1v) is 8.13. The molecule has 21 heavy (non-hydrogen) atoms. The second-order valence-corrected chi connectivity index (χ2v) is 6.54. The van der Waals surface area contributed by atoms with Crippen LogP contribution in [-0.2, 0) is 0 Å². The van der Waals surface area contributed by atoms with Crippen molar-refractivity contribution in [3.05, 3.63) is 64.8 Å². The number of pyridine rings is 1. The van der Waals surface area contributed by atoms with Crippen LogP contribution in [0.5, 0.6) is 0 Å². The molecular weight excluding hydrogens is 276 g/mol. The first-order chi connectivity index (χ1) is 10.2. The van der Waals surface area contributed by atoms with Crippen molar-refractivity contribution in [3.63, 3.8) is 0 Å². The van der Waals surface area contributed by atoms with Crippen LogP contribution in [0.25, 0.3) is 10.1 Å². The van der Waals surface area contributed by atoms with Gasteiger partial charge in [-0.1, -0.05) is 24.3 Å². The number of nitrogens with zero attached hydrogens (tertiary/aromatic N) is 1. The van der Waals surface area contributed by atoms with Gasteiger partial charge in [0.05, 0.1) is 5.69 Å². The molecule has 3 heteroatoms. The summed E-state index contributed by atoms with van der Waals surface area (Å²) in [7, 11) is 0. The third-order valence-electron chi connectivity index (χ3n) is 3.91. The molecule has 0 spiro atoms. The summed E-state index contributed by atoms with van der Waals surface area (Å²) in [4.78, 5) is 5.85. The molecule has 0 bridgehead atoms. The lowest BCUT2D eigenvalue weighted by molar-refractivity contribution is 0.490. The van der Waals surface area contributed by atoms with Crippen molar-refractivity contribution in [1.82, 2.24) is 10.3 Å². The first-order valence-electron chi connectivity index (χ1n) is 7.32. The molecule has 0 fully saturated rings. The summed E-state index contributed by atoms with van der Waals surface area (Å²) >= 11 is 1.89. The van der Waals surface area contributed by atoms with E-state index in [1.54, 1.807) is 0 Å². The van der Waals surface area contributed by atoms with Gasteiger partial charge in [-0.15, -0.1) is 11.3 Å². The molecule has 2 atom stereocenters. The fourth-order valence-electron chi connectivity index (χ4n) is 2.77. The molecule has 3 aromatic rings. The summed E-state index contributed by atoms with van der Waals surface area (Å²) in [5.74, 6) is 0. The molecule has 1 unspecified atom stereocenters. The molecule has 0 aliphatic carbocycles. The van der Waals surface area contributed by atoms with Crippen LogP contribution in [0.2, 0.25) is 0 Å². The molecule has 2 aromatic heterocycles. The fourth-order valence-corrected chi connectivity index (χ4v) is 4.00. The lowest BCUT2D eigenvalue weighted by atomic mass is 10.1. The Hall–Kier alpha value is -1.71. The van der Waals surface area contributed by atoms with Crippen molar-refractivity contribution in [3.8, 4) is 0 Å². The van der Waals surface area contributed by atoms with Crippen LogP contribution in [0.15, 0.2) is 48.7 Å². The van der Waals surface area contributed by atoms with E-state index in [1.165, 1.54) is 20.5 Å². The Bertz CT molecular complexity index is 733. The fraction of sp³-hybridized carbons (Fsp3) is 0.278. The predicted molar refractivity (Wildman–Crippen MR) is 90.8 cm³/mol. The molecule has 0 amide bonds. The molecule has 1 N–H and O–H groups in total. The minimum atomic E-state index is 0.241. The van der Waals surface area contributed by atoms with Crippen LogP contribution in [0.4, 0.5) is 0 Å². The SMILES string of the molecule is Cc1c(C(C)N[C@H](C)c2ccccn2)sc2ccccc12. The van der Waals surface area contributed by atoms with E-state index in [-0.39, 0.29) is 6.04 Å². The molecule has 0 saturated carbocycles. The van der Waals surface area contributed by atoms with Crippen LogP contribution in [-0.4, -0.2) is 4.98 Å². The highest BCUT2D eigenvalue weighted by Crippen LogP contribution is 2.35. The van der Waals surface area contributed by atoms with Gasteiger partial charge >= 0.3 is 0 Å². The summed E-state index contributed by atoms with van der Waals surface area (Å²) in [6, 6.07) is 15.3. The maximum Gasteiger partial charge on any atom is 0.0570 e. The van der Waals surface area contributed by atoms with Gasteiger partial charge in [0.15, 0.2) is 0 Å². The molecule has 2 nitrogen and oxygen atoms in total. The average Bonchev–Trinajstić information content (AvgIpc) is 2.86. The summed E-state index contributed by atoms with van der Waals surface area (Å²) in [6.07, 6.45) is 1.85. The van der Waals surface area contributed by atoms with E-state index >= 15 is 0 Å². The van der Waals surface area contributed by atoms with Crippen molar-refractivity contribution in [1.29, 1.82) is 0 Å². The van der Waals surface area contributed by atoms with Crippen molar-refractivity contribution >= 4 is 21.4 Å². The molecule has 0 aliphatic heterocycles. The predicted octanol–water partition coefficient (Wildman–Crippen LogP) is 5.02. The number of rotatable bonds is 4. The normalized spacial score (nSPS) is 14.2. The number of hydrogen-bond acceptors (Lipinski definition) is 3. The van der Waals surface area contributed by atoms with E-state index in [9.17, 15) is 0 Å². The second kappa shape index (κ2) is 5.96. The smallest absolute Gasteiger partial charge is 0.0570 e. The van der Waals surface area contributed by atoms with E-state index in [2.05, 4.69) is 61.4 Å². The zero-order valence-electron chi connectivity index (χ0n) is 12.6. The minimum absolute atomic E-state index is 0.241. The molecule has 0 aliphatic rings. The maximum absolute atomic E-state index is 4.43. The van der Waals surface area contributed by atoms with Gasteiger partial charge in [0.25, 0.3) is 0 Å². The number of benzene rings is 1. The Labute approximate surface area is 129 Å². The van der Waals surface area contributed by atoms with Gasteiger partial charge in [-0.05, 0) is 49.9 Å². The quantitative estimate of drug-likeness (QED) is 0.731. The van der Waals surface area contributed by atoms with E-state index in [0.29, 0.717) is 6.04 Å². The number of aromatic nitrogens is 1. The van der Waals surface area contributed by atoms with Crippen molar-refractivity contribution in [2.24, 2.45) is 0 Å². The van der Waals surface area contributed by atoms with Gasteiger partial charge in [-0.25, -0.2) is 0 Å². The number of aryl methyl sites for hydroxylation is 1. The van der Waals surface area contributed by atoms with Gasteiger partial charge in [0, 0.05) is 27.9 Å². The Morgan fingerprint density at radius 2 is 1.76 bits per heavy atom. The molecule has 0 saturated heterocycles. The highest BCUT2D eigenvalue weighted by molar-refractivity contribution is 7.19. The van der Waals surface area contributed by atoms with Gasteiger partial charge in [-0.2, -0.15) is 0 Å². The topological polar surface area (TPSA) is 24.9 Å². The standard InChI is InChI=1S/C18H20N2S/c1-12-15-8-4-5-10-17(15)21-18(12)14(3)20-13(2)16-9-6-7-11-19-16/h4-11,13-14,20H,1-3H3/t13-,14?/m1/s1. The highest BCUT2D eigenvalue weighted by Gasteiger charge is 2.17. The van der Waals surface area contributed by atoms with Crippen LogP contribution < -0.4 is 5.32 Å². The van der Waals surface area contributed by atoms with Crippen molar-refractivity contribution in [2.75, 3.05) is 0 Å². The summed E-state index contributed by atoms with van der Waals surface area (Å²) in [5.41, 5.74) is 2.48. The van der Waals surface area contributed by atoms with Gasteiger partial charge in [-0.3, -0.25) is 4.98 Å². The zero-order chi connectivity index (χ0) is 14.8. The second-order valence-electron chi connectivity index (χ2n) is 5.45. The van der Waals surface area contributed by atoms with E-state index in [1.807, 2.05) is 29.7 Å². The van der Waals surface area contributed by atoms with Crippen LogP contribution >= 0.6 is 11.3 Å². The van der Waals surface area contributed by atoms with Crippen LogP contribution in [0, 0.1) is 6.92 Å². The third kappa shape index (κ3) is 2.85. The molecule has 3 rings (SSSR count). The summed E-state index contributed by atoms with van der Waals surface area (Å²) in [6.45, 7) is 6.62. The zero-order valence-corrected chi connectivity index (χ0v) is 13.4. The van der Waals surface area contributed by atoms with Crippen molar-refractivity contribution < 1.29 is 0 Å². The van der Waals surface area contributed by atoms with Crippen LogP contribution in [0.1, 0.15) is 42.1 Å². The Morgan fingerprint density at radius 1 is 1.00 bits per heavy atom. The van der Waals surface area contributed by atoms with E-state index in [0.717, 1.165) is 5.69 Å². The van der Waals surface area contributed by atoms with Gasteiger partial charge < -0.3 is 5.32 Å². The Morgan fingerprint density at radius 3 is 2.48 bits per heavy atom. The van der Waals surface area contributed by atoms with Crippen LogP contribution in [0.3, 0.4) is 0 Å². The molecule has 108 valence electrons. The summed E-state index contributed by atoms with van der Waals surface area (Å²) < 4.78 is 1.36. The van der Waals surface area contributed by atoms with Crippen molar-refractivity contribution in [2.45, 2.75) is 32.9 Å². The Kier molecular flexibility index (Phi) is 4.04. The van der Waals surface area contributed by atoms with Gasteiger partial charge in [0.1, 0.15) is 0 Å². The molecule has 0 radical (unpaired) electrons. The molecule has 1 aromatic carbocycles. The number of nitrogens with one attached hydrogen (secondary N) is 1. The third-order valence-corrected chi connectivity index (χ3v) is 5.36. The lowest BCUT2D eigenvalue weighted by Crippen LogP contribution is -2.22. The van der Waals surface area contributed by atoms with E-state index < -0.39 is 0 Å². The first kappa shape index (κ1) is 14.2. The molecule has 2 heterocycles. The largest absolute Gasteiger partial charge is 0.301 e. The summed E-state index contributed by atoms with van der Waals surface area (Å²) in [5, 5.41) is 5.03.